The number of hydrogen-bond acceptors (Lipinski definition) is 4. The van der Waals surface area contributed by atoms with Crippen LogP contribution in [0.2, 0.25) is 0 Å². The predicted molar refractivity (Wildman–Crippen MR) is 119 cm³/mol. The van der Waals surface area contributed by atoms with Crippen LogP contribution in [0.15, 0.2) is 48.5 Å². The minimum Gasteiger partial charge on any atom is -0.328 e. The van der Waals surface area contributed by atoms with E-state index in [1.54, 1.807) is 0 Å². The highest BCUT2D eigenvalue weighted by Gasteiger charge is 2.28. The minimum atomic E-state index is -0.0470. The molecule has 30 heavy (non-hydrogen) atoms. The van der Waals surface area contributed by atoms with Crippen LogP contribution < -0.4 is 5.32 Å². The molecule has 2 aliphatic rings. The second-order valence-corrected chi connectivity index (χ2v) is 7.92. The van der Waals surface area contributed by atoms with Gasteiger partial charge >= 0.3 is 0 Å². The van der Waals surface area contributed by atoms with Gasteiger partial charge in [-0.2, -0.15) is 0 Å². The van der Waals surface area contributed by atoms with Crippen molar-refractivity contribution in [2.24, 2.45) is 0 Å². The summed E-state index contributed by atoms with van der Waals surface area (Å²) in [6.45, 7) is 5.07. The molecule has 0 bridgehead atoms. The van der Waals surface area contributed by atoms with Crippen LogP contribution in [-0.2, 0) is 13.1 Å². The maximum absolute atomic E-state index is 13.5. The maximum atomic E-state index is 13.5. The molecule has 0 atom stereocenters. The van der Waals surface area contributed by atoms with Crippen molar-refractivity contribution >= 4 is 18.3 Å². The van der Waals surface area contributed by atoms with Gasteiger partial charge in [-0.15, -0.1) is 17.5 Å². The Bertz CT molecular complexity index is 1010. The number of nitrogens with one attached hydrogen (secondary N) is 1. The molecule has 3 heterocycles. The molecule has 0 spiro atoms. The lowest BCUT2D eigenvalue weighted by molar-refractivity contribution is 0.0725. The molecular weight excluding hydrogens is 398 g/mol. The number of piperidine rings is 1. The first-order chi connectivity index (χ1) is 14.2. The van der Waals surface area contributed by atoms with Gasteiger partial charge in [0.15, 0.2) is 5.69 Å². The number of amides is 1. The van der Waals surface area contributed by atoms with Gasteiger partial charge in [0.2, 0.25) is 0 Å². The van der Waals surface area contributed by atoms with Gasteiger partial charge in [0.05, 0.1) is 11.7 Å². The van der Waals surface area contributed by atoms with Crippen molar-refractivity contribution < 1.29 is 4.79 Å². The van der Waals surface area contributed by atoms with Gasteiger partial charge in [-0.25, -0.2) is 4.68 Å². The summed E-state index contributed by atoms with van der Waals surface area (Å²) >= 11 is 0. The first-order valence-electron chi connectivity index (χ1n) is 10.3. The van der Waals surface area contributed by atoms with Gasteiger partial charge < -0.3 is 10.2 Å². The zero-order valence-corrected chi connectivity index (χ0v) is 17.9. The minimum absolute atomic E-state index is 0. The topological polar surface area (TPSA) is 63.1 Å². The zero-order valence-electron chi connectivity index (χ0n) is 17.0. The molecule has 0 radical (unpaired) electrons. The third-order valence-corrected chi connectivity index (χ3v) is 6.12. The molecule has 7 heteroatoms. The number of hydrogen-bond donors (Lipinski definition) is 1. The molecule has 2 aliphatic heterocycles. The van der Waals surface area contributed by atoms with Crippen LogP contribution in [-0.4, -0.2) is 38.9 Å². The van der Waals surface area contributed by atoms with E-state index in [-0.39, 0.29) is 18.3 Å². The first-order valence-corrected chi connectivity index (χ1v) is 10.3. The van der Waals surface area contributed by atoms with E-state index < -0.39 is 0 Å². The Morgan fingerprint density at radius 3 is 2.13 bits per heavy atom. The lowest BCUT2D eigenvalue weighted by Gasteiger charge is -2.24. The van der Waals surface area contributed by atoms with E-state index in [1.807, 2.05) is 28.6 Å². The molecule has 0 unspecified atom stereocenters. The number of benzene rings is 2. The van der Waals surface area contributed by atoms with Crippen LogP contribution in [0.4, 0.5) is 0 Å². The monoisotopic (exact) mass is 423 g/mol. The molecule has 156 valence electrons. The van der Waals surface area contributed by atoms with E-state index >= 15 is 0 Å². The summed E-state index contributed by atoms with van der Waals surface area (Å²) in [4.78, 5) is 15.4. The predicted octanol–water partition coefficient (Wildman–Crippen LogP) is 3.76. The maximum Gasteiger partial charge on any atom is 0.276 e. The normalized spacial score (nSPS) is 16.2. The molecule has 1 saturated heterocycles. The standard InChI is InChI=1S/C23H25N5O.ClH/c1-16-22(25-26-28(16)19-10-12-24-13-11-19)23(29)27-14-17-6-2-4-8-20(17)21-9-5-3-7-18(21)15-27;/h2-9,19,24H,10-15H2,1H3;1H. The quantitative estimate of drug-likeness (QED) is 0.681. The Hall–Kier alpha value is -2.70. The summed E-state index contributed by atoms with van der Waals surface area (Å²) in [6.07, 6.45) is 2.03. The van der Waals surface area contributed by atoms with E-state index in [9.17, 15) is 4.79 Å². The summed E-state index contributed by atoms with van der Waals surface area (Å²) < 4.78 is 1.95. The smallest absolute Gasteiger partial charge is 0.276 e. The first kappa shape index (κ1) is 20.6. The number of nitrogens with zero attached hydrogens (tertiary/aromatic N) is 4. The van der Waals surface area contributed by atoms with Crippen molar-refractivity contribution in [3.8, 4) is 11.1 Å². The Morgan fingerprint density at radius 1 is 0.967 bits per heavy atom. The Morgan fingerprint density at radius 2 is 1.53 bits per heavy atom. The van der Waals surface area contributed by atoms with Gasteiger partial charge in [-0.1, -0.05) is 53.7 Å². The van der Waals surface area contributed by atoms with Crippen molar-refractivity contribution in [3.63, 3.8) is 0 Å². The van der Waals surface area contributed by atoms with E-state index in [0.717, 1.165) is 42.8 Å². The lowest BCUT2D eigenvalue weighted by Crippen LogP contribution is -2.31. The summed E-state index contributed by atoms with van der Waals surface area (Å²) in [5.74, 6) is -0.0470. The molecule has 1 N–H and O–H groups in total. The SMILES string of the molecule is Cc1c(C(=O)N2Cc3ccccc3-c3ccccc3C2)nnn1C1CCNCC1.Cl. The highest BCUT2D eigenvalue weighted by molar-refractivity contribution is 5.93. The second kappa shape index (κ2) is 8.58. The van der Waals surface area contributed by atoms with Crippen molar-refractivity contribution in [1.29, 1.82) is 0 Å². The van der Waals surface area contributed by atoms with Crippen molar-refractivity contribution in [1.82, 2.24) is 25.2 Å². The van der Waals surface area contributed by atoms with Crippen molar-refractivity contribution in [2.75, 3.05) is 13.1 Å². The number of carbonyl (C=O) groups is 1. The highest BCUT2D eigenvalue weighted by atomic mass is 35.5. The summed E-state index contributed by atoms with van der Waals surface area (Å²) in [6, 6.07) is 17.0. The molecule has 1 aromatic heterocycles. The molecule has 0 aliphatic carbocycles. The third kappa shape index (κ3) is 3.61. The van der Waals surface area contributed by atoms with Gasteiger partial charge in [-0.3, -0.25) is 4.79 Å². The zero-order chi connectivity index (χ0) is 19.8. The molecule has 5 rings (SSSR count). The van der Waals surface area contributed by atoms with E-state index in [2.05, 4.69) is 52.0 Å². The third-order valence-electron chi connectivity index (χ3n) is 6.12. The van der Waals surface area contributed by atoms with Crippen LogP contribution >= 0.6 is 12.4 Å². The Kier molecular flexibility index (Phi) is 5.88. The van der Waals surface area contributed by atoms with E-state index in [0.29, 0.717) is 24.8 Å². The van der Waals surface area contributed by atoms with Crippen LogP contribution in [0.3, 0.4) is 0 Å². The fraction of sp³-hybridized carbons (Fsp3) is 0.348. The van der Waals surface area contributed by atoms with Crippen LogP contribution in [0.25, 0.3) is 11.1 Å². The van der Waals surface area contributed by atoms with E-state index in [1.165, 1.54) is 11.1 Å². The summed E-state index contributed by atoms with van der Waals surface area (Å²) in [7, 11) is 0. The highest BCUT2D eigenvalue weighted by Crippen LogP contribution is 2.33. The molecular formula is C23H26ClN5O. The number of halogens is 1. The molecule has 2 aromatic carbocycles. The fourth-order valence-electron chi connectivity index (χ4n) is 4.54. The number of carbonyl (C=O) groups excluding carboxylic acids is 1. The van der Waals surface area contributed by atoms with Gasteiger partial charge in [0, 0.05) is 13.1 Å². The summed E-state index contributed by atoms with van der Waals surface area (Å²) in [5.41, 5.74) is 6.07. The summed E-state index contributed by atoms with van der Waals surface area (Å²) in [5, 5.41) is 12.0. The van der Waals surface area contributed by atoms with Crippen molar-refractivity contribution in [3.05, 3.63) is 71.0 Å². The molecule has 3 aromatic rings. The molecule has 0 saturated carbocycles. The average molecular weight is 424 g/mol. The van der Waals surface area contributed by atoms with Crippen molar-refractivity contribution in [2.45, 2.75) is 38.9 Å². The van der Waals surface area contributed by atoms with Gasteiger partial charge in [0.1, 0.15) is 0 Å². The molecule has 6 nitrogen and oxygen atoms in total. The second-order valence-electron chi connectivity index (χ2n) is 7.92. The largest absolute Gasteiger partial charge is 0.328 e. The van der Waals surface area contributed by atoms with Crippen LogP contribution in [0.5, 0.6) is 0 Å². The molecule has 1 amide bonds. The fourth-order valence-corrected chi connectivity index (χ4v) is 4.54. The number of fused-ring (bicyclic) bond motifs is 3. The lowest BCUT2D eigenvalue weighted by atomic mass is 9.97. The Labute approximate surface area is 182 Å². The van der Waals surface area contributed by atoms with E-state index in [4.69, 9.17) is 0 Å². The average Bonchev–Trinajstić information content (AvgIpc) is 3.06. The Balaban J connectivity index is 0.00000218. The molecule has 1 fully saturated rings. The van der Waals surface area contributed by atoms with Crippen LogP contribution in [0.1, 0.15) is 46.2 Å². The number of rotatable bonds is 2. The van der Waals surface area contributed by atoms with Gasteiger partial charge in [0.25, 0.3) is 5.91 Å². The number of aromatic nitrogens is 3. The van der Waals surface area contributed by atoms with Crippen LogP contribution in [0, 0.1) is 6.92 Å². The van der Waals surface area contributed by atoms with Gasteiger partial charge in [-0.05, 0) is 55.1 Å².